The van der Waals surface area contributed by atoms with Gasteiger partial charge in [-0.25, -0.2) is 9.07 Å². The molecule has 3 N–H and O–H groups in total. The van der Waals surface area contributed by atoms with E-state index in [4.69, 9.17) is 0 Å². The predicted molar refractivity (Wildman–Crippen MR) is 119 cm³/mol. The Kier molecular flexibility index (Phi) is 5.10. The number of benzene rings is 2. The van der Waals surface area contributed by atoms with Gasteiger partial charge in [0.2, 0.25) is 0 Å². The molecule has 1 aromatic heterocycles. The number of aliphatic hydroxyl groups is 1. The Hall–Kier alpha value is -3.04. The van der Waals surface area contributed by atoms with Crippen LogP contribution in [0.25, 0.3) is 11.0 Å². The van der Waals surface area contributed by atoms with Gasteiger partial charge in [-0.2, -0.15) is 0 Å². The summed E-state index contributed by atoms with van der Waals surface area (Å²) in [6.45, 7) is 3.24. The molecule has 8 nitrogen and oxygen atoms in total. The van der Waals surface area contributed by atoms with E-state index in [-0.39, 0.29) is 30.7 Å². The number of nitrogens with one attached hydrogen (secondary N) is 2. The maximum Gasteiger partial charge on any atom is 0.256 e. The van der Waals surface area contributed by atoms with E-state index in [2.05, 4.69) is 20.9 Å². The standard InChI is InChI=1S/C23H27FN6O2/c1-14-6-7-17(16(24)9-14)26-18-11-19-20(29(2)28-27-19)10-15(18)22(31)30-12-23(32,13-30)21-5-3-4-8-25-21/h6-7,9-11,21,25-26,32H,3-5,8,12-13H2,1-2H3. The van der Waals surface area contributed by atoms with Gasteiger partial charge in [-0.15, -0.1) is 5.10 Å². The highest BCUT2D eigenvalue weighted by Crippen LogP contribution is 2.33. The first-order valence-electron chi connectivity index (χ1n) is 11.0. The molecule has 168 valence electrons. The lowest BCUT2D eigenvalue weighted by atomic mass is 9.81. The van der Waals surface area contributed by atoms with Gasteiger partial charge >= 0.3 is 0 Å². The minimum Gasteiger partial charge on any atom is -0.385 e. The molecule has 1 amide bonds. The Labute approximate surface area is 185 Å². The molecule has 3 aromatic rings. The molecule has 2 aliphatic rings. The number of carbonyl (C=O) groups is 1. The Morgan fingerprint density at radius 3 is 2.78 bits per heavy atom. The number of carbonyl (C=O) groups excluding carboxylic acids is 1. The fourth-order valence-electron chi connectivity index (χ4n) is 4.69. The summed E-state index contributed by atoms with van der Waals surface area (Å²) in [5.41, 5.74) is 2.33. The molecule has 9 heteroatoms. The number of likely N-dealkylation sites (tertiary alicyclic amines) is 1. The number of aromatic nitrogens is 3. The monoisotopic (exact) mass is 438 g/mol. The van der Waals surface area contributed by atoms with Gasteiger partial charge in [-0.05, 0) is 56.1 Å². The number of aryl methyl sites for hydroxylation is 2. The fraction of sp³-hybridized carbons (Fsp3) is 0.435. The van der Waals surface area contributed by atoms with Crippen LogP contribution in [0.2, 0.25) is 0 Å². The molecule has 1 atom stereocenters. The van der Waals surface area contributed by atoms with Crippen LogP contribution in [-0.4, -0.2) is 62.2 Å². The van der Waals surface area contributed by atoms with E-state index in [1.54, 1.807) is 40.9 Å². The van der Waals surface area contributed by atoms with Crippen LogP contribution in [0.15, 0.2) is 30.3 Å². The molecule has 0 aliphatic carbocycles. The summed E-state index contributed by atoms with van der Waals surface area (Å²) in [7, 11) is 1.76. The van der Waals surface area contributed by atoms with Crippen molar-refractivity contribution in [1.82, 2.24) is 25.2 Å². The number of β-amino-alcohol motifs (C(OH)–C–C–N with tert-alkyl or cyclic N) is 1. The summed E-state index contributed by atoms with van der Waals surface area (Å²) < 4.78 is 16.1. The average Bonchev–Trinajstić information content (AvgIpc) is 3.12. The number of hydrogen-bond acceptors (Lipinski definition) is 6. The first-order chi connectivity index (χ1) is 15.3. The van der Waals surface area contributed by atoms with Gasteiger partial charge in [0.05, 0.1) is 35.5 Å². The molecule has 2 fully saturated rings. The maximum absolute atomic E-state index is 14.5. The summed E-state index contributed by atoms with van der Waals surface area (Å²) >= 11 is 0. The van der Waals surface area contributed by atoms with Gasteiger partial charge in [-0.1, -0.05) is 17.7 Å². The highest BCUT2D eigenvalue weighted by molar-refractivity contribution is 6.04. The molecule has 2 aliphatic heterocycles. The zero-order chi connectivity index (χ0) is 22.5. The van der Waals surface area contributed by atoms with E-state index in [0.717, 1.165) is 31.4 Å². The molecule has 2 saturated heterocycles. The zero-order valence-electron chi connectivity index (χ0n) is 18.2. The largest absolute Gasteiger partial charge is 0.385 e. The number of fused-ring (bicyclic) bond motifs is 1. The van der Waals surface area contributed by atoms with Crippen LogP contribution >= 0.6 is 0 Å². The molecule has 1 unspecified atom stereocenters. The molecule has 3 heterocycles. The minimum absolute atomic E-state index is 0.00306. The zero-order valence-corrected chi connectivity index (χ0v) is 18.2. The lowest BCUT2D eigenvalue weighted by Crippen LogP contribution is -2.72. The first-order valence-corrected chi connectivity index (χ1v) is 11.0. The molecule has 5 rings (SSSR count). The highest BCUT2D eigenvalue weighted by atomic mass is 19.1. The number of halogens is 1. The van der Waals surface area contributed by atoms with Crippen molar-refractivity contribution in [2.45, 2.75) is 37.8 Å². The van der Waals surface area contributed by atoms with Gasteiger partial charge in [0.25, 0.3) is 5.91 Å². The molecule has 0 radical (unpaired) electrons. The SMILES string of the molecule is Cc1ccc(Nc2cc3nnn(C)c3cc2C(=O)N2CC(O)(C3CCCCN3)C2)c(F)c1. The summed E-state index contributed by atoms with van der Waals surface area (Å²) in [4.78, 5) is 15.1. The lowest BCUT2D eigenvalue weighted by molar-refractivity contribution is -0.108. The average molecular weight is 439 g/mol. The Morgan fingerprint density at radius 2 is 2.06 bits per heavy atom. The quantitative estimate of drug-likeness (QED) is 0.579. The van der Waals surface area contributed by atoms with Crippen molar-refractivity contribution in [3.8, 4) is 0 Å². The van der Waals surface area contributed by atoms with Crippen molar-refractivity contribution >= 4 is 28.3 Å². The van der Waals surface area contributed by atoms with Crippen molar-refractivity contribution in [1.29, 1.82) is 0 Å². The third-order valence-corrected chi connectivity index (χ3v) is 6.55. The van der Waals surface area contributed by atoms with Gasteiger partial charge in [0.15, 0.2) is 0 Å². The maximum atomic E-state index is 14.5. The number of rotatable bonds is 4. The third kappa shape index (κ3) is 3.61. The second kappa shape index (κ2) is 7.83. The summed E-state index contributed by atoms with van der Waals surface area (Å²) in [5.74, 6) is -0.618. The van der Waals surface area contributed by atoms with Gasteiger partial charge < -0.3 is 20.6 Å². The highest BCUT2D eigenvalue weighted by Gasteiger charge is 2.49. The van der Waals surface area contributed by atoms with Crippen molar-refractivity contribution < 1.29 is 14.3 Å². The van der Waals surface area contributed by atoms with Crippen LogP contribution in [0.5, 0.6) is 0 Å². The number of anilines is 2. The number of piperidine rings is 1. The molecule has 0 spiro atoms. The number of amides is 1. The van der Waals surface area contributed by atoms with E-state index in [1.807, 2.05) is 6.92 Å². The van der Waals surface area contributed by atoms with Crippen LogP contribution in [-0.2, 0) is 7.05 Å². The lowest BCUT2D eigenvalue weighted by Gasteiger charge is -2.51. The van der Waals surface area contributed by atoms with Crippen LogP contribution < -0.4 is 10.6 Å². The van der Waals surface area contributed by atoms with Crippen LogP contribution in [0.4, 0.5) is 15.8 Å². The molecule has 2 aromatic carbocycles. The molecule has 0 saturated carbocycles. The third-order valence-electron chi connectivity index (χ3n) is 6.55. The Morgan fingerprint density at radius 1 is 1.25 bits per heavy atom. The smallest absolute Gasteiger partial charge is 0.256 e. The second-order valence-corrected chi connectivity index (χ2v) is 8.98. The van der Waals surface area contributed by atoms with E-state index in [9.17, 15) is 14.3 Å². The normalized spacial score (nSPS) is 20.2. The number of hydrogen-bond donors (Lipinski definition) is 3. The second-order valence-electron chi connectivity index (χ2n) is 8.98. The molecular weight excluding hydrogens is 411 g/mol. The van der Waals surface area contributed by atoms with E-state index < -0.39 is 11.4 Å². The van der Waals surface area contributed by atoms with Crippen LogP contribution in [0.3, 0.4) is 0 Å². The van der Waals surface area contributed by atoms with Gasteiger partial charge in [0, 0.05) is 13.1 Å². The van der Waals surface area contributed by atoms with Crippen molar-refractivity contribution in [2.24, 2.45) is 7.05 Å². The van der Waals surface area contributed by atoms with Crippen molar-refractivity contribution in [3.05, 3.63) is 47.3 Å². The summed E-state index contributed by atoms with van der Waals surface area (Å²) in [6, 6.07) is 8.34. The minimum atomic E-state index is -0.912. The van der Waals surface area contributed by atoms with Crippen molar-refractivity contribution in [3.63, 3.8) is 0 Å². The number of nitrogens with zero attached hydrogens (tertiary/aromatic N) is 4. The molecule has 32 heavy (non-hydrogen) atoms. The Balaban J connectivity index is 1.45. The van der Waals surface area contributed by atoms with Gasteiger partial charge in [-0.3, -0.25) is 4.79 Å². The van der Waals surface area contributed by atoms with Crippen LogP contribution in [0, 0.1) is 12.7 Å². The topological polar surface area (TPSA) is 95.3 Å². The van der Waals surface area contributed by atoms with E-state index >= 15 is 0 Å². The van der Waals surface area contributed by atoms with Crippen molar-refractivity contribution in [2.75, 3.05) is 25.0 Å². The summed E-state index contributed by atoms with van der Waals surface area (Å²) in [6.07, 6.45) is 3.09. The van der Waals surface area contributed by atoms with E-state index in [1.165, 1.54) is 6.07 Å². The predicted octanol–water partition coefficient (Wildman–Crippen LogP) is 2.49. The first kappa shape index (κ1) is 20.8. The fourth-order valence-corrected chi connectivity index (χ4v) is 4.69. The van der Waals surface area contributed by atoms with Crippen LogP contribution in [0.1, 0.15) is 35.2 Å². The summed E-state index contributed by atoms with van der Waals surface area (Å²) in [5, 5.41) is 25.6. The van der Waals surface area contributed by atoms with Gasteiger partial charge in [0.1, 0.15) is 16.9 Å². The Bertz CT molecular complexity index is 1180. The molecular formula is C23H27FN6O2. The molecule has 0 bridgehead atoms. The van der Waals surface area contributed by atoms with E-state index in [0.29, 0.717) is 22.3 Å².